The van der Waals surface area contributed by atoms with E-state index < -0.39 is 0 Å². The number of hydrogen-bond acceptors (Lipinski definition) is 2. The standard InChI is InChI=1S/C40H24OS/c1-3-11-35-32(8-1)34-24-30(23-29-7-5-12-36(41-35)39(29)34)27-17-15-25(16-18-27)26-19-21-28(22-20-26)31-10-6-14-38-40(31)33-9-2-4-13-37(33)42-38/h1-24H. The molecule has 2 heterocycles. The summed E-state index contributed by atoms with van der Waals surface area (Å²) in [4.78, 5) is 0. The summed E-state index contributed by atoms with van der Waals surface area (Å²) in [5.41, 5.74) is 9.77. The Balaban J connectivity index is 1.08. The predicted octanol–water partition coefficient (Wildman–Crippen LogP) is 12.0. The fourth-order valence-electron chi connectivity index (χ4n) is 6.47. The molecule has 0 saturated carbocycles. The summed E-state index contributed by atoms with van der Waals surface area (Å²) in [7, 11) is 0. The lowest BCUT2D eigenvalue weighted by molar-refractivity contribution is 0.487. The lowest BCUT2D eigenvalue weighted by Crippen LogP contribution is -1.97. The Morgan fingerprint density at radius 2 is 1.00 bits per heavy atom. The van der Waals surface area contributed by atoms with Crippen LogP contribution >= 0.6 is 11.3 Å². The summed E-state index contributed by atoms with van der Waals surface area (Å²) < 4.78 is 8.91. The fraction of sp³-hybridized carbons (Fsp3) is 0. The van der Waals surface area contributed by atoms with E-state index in [9.17, 15) is 0 Å². The summed E-state index contributed by atoms with van der Waals surface area (Å²) in [5, 5.41) is 5.07. The van der Waals surface area contributed by atoms with Crippen LogP contribution in [0.15, 0.2) is 146 Å². The van der Waals surface area contributed by atoms with Crippen LogP contribution in [0, 0.1) is 0 Å². The third-order valence-electron chi connectivity index (χ3n) is 8.49. The first-order valence-electron chi connectivity index (χ1n) is 14.3. The Morgan fingerprint density at radius 1 is 0.381 bits per heavy atom. The fourth-order valence-corrected chi connectivity index (χ4v) is 7.60. The molecule has 0 N–H and O–H groups in total. The second-order valence-electron chi connectivity index (χ2n) is 10.9. The molecule has 0 saturated heterocycles. The van der Waals surface area contributed by atoms with E-state index in [4.69, 9.17) is 4.74 Å². The van der Waals surface area contributed by atoms with Crippen LogP contribution in [0.3, 0.4) is 0 Å². The number of thiophene rings is 1. The van der Waals surface area contributed by atoms with Gasteiger partial charge in [-0.2, -0.15) is 0 Å². The van der Waals surface area contributed by atoms with Gasteiger partial charge in [-0.05, 0) is 80.7 Å². The number of benzene rings is 7. The van der Waals surface area contributed by atoms with Gasteiger partial charge in [0.2, 0.25) is 0 Å². The van der Waals surface area contributed by atoms with Crippen molar-refractivity contribution in [2.45, 2.75) is 0 Å². The summed E-state index contributed by atoms with van der Waals surface area (Å²) in [6.45, 7) is 0. The molecule has 1 aromatic heterocycles. The van der Waals surface area contributed by atoms with Gasteiger partial charge >= 0.3 is 0 Å². The first-order valence-corrected chi connectivity index (χ1v) is 15.1. The van der Waals surface area contributed by atoms with Crippen molar-refractivity contribution in [3.8, 4) is 56.0 Å². The monoisotopic (exact) mass is 552 g/mol. The number of ether oxygens (including phenoxy) is 1. The highest BCUT2D eigenvalue weighted by molar-refractivity contribution is 7.25. The zero-order valence-electron chi connectivity index (χ0n) is 22.7. The van der Waals surface area contributed by atoms with Gasteiger partial charge in [-0.15, -0.1) is 11.3 Å². The lowest BCUT2D eigenvalue weighted by atomic mass is 9.90. The Kier molecular flexibility index (Phi) is 5.13. The Labute approximate surface area is 247 Å². The van der Waals surface area contributed by atoms with Gasteiger partial charge in [-0.3, -0.25) is 0 Å². The molecule has 42 heavy (non-hydrogen) atoms. The van der Waals surface area contributed by atoms with Crippen LogP contribution in [-0.2, 0) is 0 Å². The van der Waals surface area contributed by atoms with Crippen LogP contribution in [0.1, 0.15) is 0 Å². The summed E-state index contributed by atoms with van der Waals surface area (Å²) >= 11 is 1.87. The van der Waals surface area contributed by atoms with Crippen molar-refractivity contribution in [1.82, 2.24) is 0 Å². The zero-order valence-corrected chi connectivity index (χ0v) is 23.5. The molecule has 8 aromatic rings. The largest absolute Gasteiger partial charge is 0.456 e. The molecule has 1 aliphatic rings. The molecule has 0 amide bonds. The average Bonchev–Trinajstić information content (AvgIpc) is 3.44. The number of para-hydroxylation sites is 1. The van der Waals surface area contributed by atoms with Crippen molar-refractivity contribution in [2.24, 2.45) is 0 Å². The van der Waals surface area contributed by atoms with Gasteiger partial charge in [0.25, 0.3) is 0 Å². The molecule has 1 nitrogen and oxygen atoms in total. The van der Waals surface area contributed by atoms with Crippen LogP contribution in [0.4, 0.5) is 0 Å². The van der Waals surface area contributed by atoms with E-state index in [0.29, 0.717) is 0 Å². The quantitative estimate of drug-likeness (QED) is 0.212. The van der Waals surface area contributed by atoms with E-state index in [0.717, 1.165) is 17.1 Å². The molecule has 0 bridgehead atoms. The number of rotatable bonds is 3. The van der Waals surface area contributed by atoms with Gasteiger partial charge in [0.1, 0.15) is 11.5 Å². The maximum atomic E-state index is 6.23. The van der Waals surface area contributed by atoms with Gasteiger partial charge in [0.05, 0.1) is 0 Å². The topological polar surface area (TPSA) is 9.23 Å². The number of fused-ring (bicyclic) bond motifs is 5. The van der Waals surface area contributed by atoms with Crippen LogP contribution in [0.2, 0.25) is 0 Å². The van der Waals surface area contributed by atoms with Crippen LogP contribution in [0.25, 0.3) is 75.5 Å². The van der Waals surface area contributed by atoms with E-state index in [2.05, 4.69) is 133 Å². The minimum Gasteiger partial charge on any atom is -0.456 e. The molecular formula is C40H24OS. The first-order chi connectivity index (χ1) is 20.8. The van der Waals surface area contributed by atoms with Gasteiger partial charge in [-0.25, -0.2) is 0 Å². The second kappa shape index (κ2) is 9.17. The van der Waals surface area contributed by atoms with E-state index in [1.165, 1.54) is 69.9 Å². The smallest absolute Gasteiger partial charge is 0.135 e. The van der Waals surface area contributed by atoms with E-state index >= 15 is 0 Å². The average molecular weight is 553 g/mol. The zero-order chi connectivity index (χ0) is 27.6. The normalized spacial score (nSPS) is 12.0. The van der Waals surface area contributed by atoms with Crippen molar-refractivity contribution in [2.75, 3.05) is 0 Å². The first kappa shape index (κ1) is 23.5. The molecule has 196 valence electrons. The molecule has 1 aliphatic heterocycles. The van der Waals surface area contributed by atoms with Crippen molar-refractivity contribution in [3.63, 3.8) is 0 Å². The van der Waals surface area contributed by atoms with Crippen LogP contribution in [-0.4, -0.2) is 0 Å². The Bertz CT molecular complexity index is 2310. The lowest BCUT2D eigenvalue weighted by Gasteiger charge is -2.22. The second-order valence-corrected chi connectivity index (χ2v) is 12.0. The molecule has 0 aliphatic carbocycles. The Hall–Kier alpha value is -5.18. The summed E-state index contributed by atoms with van der Waals surface area (Å²) in [6, 6.07) is 52.5. The van der Waals surface area contributed by atoms with Gasteiger partial charge < -0.3 is 4.74 Å². The van der Waals surface area contributed by atoms with Crippen molar-refractivity contribution in [1.29, 1.82) is 0 Å². The molecule has 7 aromatic carbocycles. The predicted molar refractivity (Wildman–Crippen MR) is 179 cm³/mol. The highest BCUT2D eigenvalue weighted by Crippen LogP contribution is 2.48. The minimum absolute atomic E-state index is 0.914. The van der Waals surface area contributed by atoms with Crippen molar-refractivity contribution < 1.29 is 4.74 Å². The van der Waals surface area contributed by atoms with Crippen molar-refractivity contribution in [3.05, 3.63) is 146 Å². The van der Waals surface area contributed by atoms with Crippen LogP contribution < -0.4 is 4.74 Å². The highest BCUT2D eigenvalue weighted by Gasteiger charge is 2.20. The summed E-state index contributed by atoms with van der Waals surface area (Å²) in [6.07, 6.45) is 0. The molecule has 9 rings (SSSR count). The molecule has 0 radical (unpaired) electrons. The van der Waals surface area contributed by atoms with Crippen LogP contribution in [0.5, 0.6) is 11.5 Å². The molecule has 0 spiro atoms. The van der Waals surface area contributed by atoms with E-state index in [-0.39, 0.29) is 0 Å². The molecule has 0 fully saturated rings. The number of hydrogen-bond donors (Lipinski definition) is 0. The van der Waals surface area contributed by atoms with Gasteiger partial charge in [-0.1, -0.05) is 109 Å². The maximum Gasteiger partial charge on any atom is 0.135 e. The third kappa shape index (κ3) is 3.62. The Morgan fingerprint density at radius 3 is 1.83 bits per heavy atom. The van der Waals surface area contributed by atoms with Gasteiger partial charge in [0, 0.05) is 31.1 Å². The molecule has 0 atom stereocenters. The molecular weight excluding hydrogens is 529 g/mol. The van der Waals surface area contributed by atoms with E-state index in [1.54, 1.807) is 0 Å². The van der Waals surface area contributed by atoms with Gasteiger partial charge in [0.15, 0.2) is 0 Å². The SMILES string of the molecule is c1ccc2c(c1)Oc1cccc3cc(-c4ccc(-c5ccc(-c6cccc7sc8ccccc8c67)cc5)cc4)cc-2c13. The third-order valence-corrected chi connectivity index (χ3v) is 9.62. The van der Waals surface area contributed by atoms with E-state index in [1.807, 2.05) is 23.5 Å². The highest BCUT2D eigenvalue weighted by atomic mass is 32.1. The molecule has 2 heteroatoms. The summed E-state index contributed by atoms with van der Waals surface area (Å²) in [5.74, 6) is 1.84. The maximum absolute atomic E-state index is 6.23. The van der Waals surface area contributed by atoms with Crippen molar-refractivity contribution >= 4 is 42.3 Å². The molecule has 0 unspecified atom stereocenters. The minimum atomic E-state index is 0.914.